The molecule has 118 valence electrons. The zero-order chi connectivity index (χ0) is 15.2. The molecule has 0 aromatic heterocycles. The molecule has 0 amide bonds. The summed E-state index contributed by atoms with van der Waals surface area (Å²) >= 11 is 0. The Morgan fingerprint density at radius 3 is 2.52 bits per heavy atom. The van der Waals surface area contributed by atoms with Crippen molar-refractivity contribution in [1.29, 1.82) is 0 Å². The minimum Gasteiger partial charge on any atom is -0.496 e. The van der Waals surface area contributed by atoms with Crippen molar-refractivity contribution in [2.24, 2.45) is 0 Å². The Morgan fingerprint density at radius 1 is 1.24 bits per heavy atom. The van der Waals surface area contributed by atoms with Gasteiger partial charge in [0, 0.05) is 24.2 Å². The smallest absolute Gasteiger partial charge is 0.165 e. The second-order valence-corrected chi connectivity index (χ2v) is 5.68. The molecule has 0 saturated carbocycles. The summed E-state index contributed by atoms with van der Waals surface area (Å²) in [4.78, 5) is 2.20. The van der Waals surface area contributed by atoms with E-state index in [0.717, 1.165) is 42.3 Å². The first-order valence-electron chi connectivity index (χ1n) is 7.44. The van der Waals surface area contributed by atoms with Gasteiger partial charge in [0.1, 0.15) is 19.0 Å². The fourth-order valence-corrected chi connectivity index (χ4v) is 2.28. The standard InChI is InChI=1S/C16H26N2O3/c1-12(5-6-18(2)3)17-11-13-9-15-16(10-14(13)19-4)21-8-7-20-15/h9-10,12,17H,5-8,11H2,1-4H3. The maximum absolute atomic E-state index is 5.63. The maximum atomic E-state index is 5.63. The zero-order valence-electron chi connectivity index (χ0n) is 13.4. The van der Waals surface area contributed by atoms with E-state index in [-0.39, 0.29) is 0 Å². The molecule has 0 radical (unpaired) electrons. The Bertz CT molecular complexity index is 463. The van der Waals surface area contributed by atoms with Gasteiger partial charge < -0.3 is 24.4 Å². The highest BCUT2D eigenvalue weighted by Crippen LogP contribution is 2.36. The fraction of sp³-hybridized carbons (Fsp3) is 0.625. The van der Waals surface area contributed by atoms with E-state index in [1.807, 2.05) is 12.1 Å². The van der Waals surface area contributed by atoms with E-state index in [1.54, 1.807) is 7.11 Å². The number of nitrogens with one attached hydrogen (secondary N) is 1. The number of methoxy groups -OCH3 is 1. The SMILES string of the molecule is COc1cc2c(cc1CNC(C)CCN(C)C)OCCO2. The van der Waals surface area contributed by atoms with Crippen molar-refractivity contribution in [2.75, 3.05) is 41.0 Å². The normalized spacial score (nSPS) is 15.1. The van der Waals surface area contributed by atoms with Crippen LogP contribution >= 0.6 is 0 Å². The molecule has 0 bridgehead atoms. The average Bonchev–Trinajstić information content (AvgIpc) is 2.49. The lowest BCUT2D eigenvalue weighted by atomic mass is 10.1. The summed E-state index contributed by atoms with van der Waals surface area (Å²) in [6.45, 7) is 5.23. The van der Waals surface area contributed by atoms with Crippen LogP contribution in [0.5, 0.6) is 17.2 Å². The van der Waals surface area contributed by atoms with Crippen molar-refractivity contribution in [1.82, 2.24) is 10.2 Å². The van der Waals surface area contributed by atoms with Crippen LogP contribution in [0.1, 0.15) is 18.9 Å². The van der Waals surface area contributed by atoms with Crippen LogP contribution in [0.25, 0.3) is 0 Å². The minimum atomic E-state index is 0.449. The second kappa shape index (κ2) is 7.52. The van der Waals surface area contributed by atoms with Gasteiger partial charge in [-0.05, 0) is 40.1 Å². The van der Waals surface area contributed by atoms with Gasteiger partial charge in [-0.25, -0.2) is 0 Å². The van der Waals surface area contributed by atoms with E-state index in [2.05, 4.69) is 31.2 Å². The lowest BCUT2D eigenvalue weighted by molar-refractivity contribution is 0.170. The van der Waals surface area contributed by atoms with Crippen LogP contribution in [0.15, 0.2) is 12.1 Å². The fourth-order valence-electron chi connectivity index (χ4n) is 2.28. The van der Waals surface area contributed by atoms with Gasteiger partial charge in [-0.15, -0.1) is 0 Å². The molecule has 0 spiro atoms. The van der Waals surface area contributed by atoms with Gasteiger partial charge in [0.05, 0.1) is 7.11 Å². The summed E-state index contributed by atoms with van der Waals surface area (Å²) in [6, 6.07) is 4.37. The number of nitrogens with zero attached hydrogens (tertiary/aromatic N) is 1. The van der Waals surface area contributed by atoms with E-state index in [1.165, 1.54) is 0 Å². The first kappa shape index (κ1) is 15.9. The predicted octanol–water partition coefficient (Wildman–Crippen LogP) is 1.90. The topological polar surface area (TPSA) is 43.0 Å². The number of hydrogen-bond acceptors (Lipinski definition) is 5. The minimum absolute atomic E-state index is 0.449. The molecule has 21 heavy (non-hydrogen) atoms. The third kappa shape index (κ3) is 4.51. The third-order valence-corrected chi connectivity index (χ3v) is 3.60. The van der Waals surface area contributed by atoms with Gasteiger partial charge in [-0.3, -0.25) is 0 Å². The lowest BCUT2D eigenvalue weighted by Crippen LogP contribution is -2.29. The van der Waals surface area contributed by atoms with Gasteiger partial charge >= 0.3 is 0 Å². The van der Waals surface area contributed by atoms with Crippen molar-refractivity contribution in [2.45, 2.75) is 25.9 Å². The largest absolute Gasteiger partial charge is 0.496 e. The summed E-state index contributed by atoms with van der Waals surface area (Å²) in [6.07, 6.45) is 1.11. The van der Waals surface area contributed by atoms with E-state index < -0.39 is 0 Å². The first-order chi connectivity index (χ1) is 10.1. The van der Waals surface area contributed by atoms with E-state index in [4.69, 9.17) is 14.2 Å². The van der Waals surface area contributed by atoms with Crippen molar-refractivity contribution in [3.05, 3.63) is 17.7 Å². The van der Waals surface area contributed by atoms with Crippen LogP contribution in [-0.2, 0) is 6.54 Å². The van der Waals surface area contributed by atoms with E-state index in [9.17, 15) is 0 Å². The molecule has 5 nitrogen and oxygen atoms in total. The Hall–Kier alpha value is -1.46. The van der Waals surface area contributed by atoms with Gasteiger partial charge in [0.2, 0.25) is 0 Å². The molecule has 1 aromatic rings. The van der Waals surface area contributed by atoms with Crippen LogP contribution in [0.4, 0.5) is 0 Å². The molecule has 2 rings (SSSR count). The molecule has 1 heterocycles. The number of fused-ring (bicyclic) bond motifs is 1. The molecule has 0 aliphatic carbocycles. The van der Waals surface area contributed by atoms with E-state index in [0.29, 0.717) is 19.3 Å². The molecule has 1 atom stereocenters. The Kier molecular flexibility index (Phi) is 5.70. The second-order valence-electron chi connectivity index (χ2n) is 5.68. The van der Waals surface area contributed by atoms with E-state index >= 15 is 0 Å². The number of ether oxygens (including phenoxy) is 3. The van der Waals surface area contributed by atoms with Gasteiger partial charge in [-0.1, -0.05) is 0 Å². The average molecular weight is 294 g/mol. The highest BCUT2D eigenvalue weighted by Gasteiger charge is 2.16. The van der Waals surface area contributed by atoms with Crippen molar-refractivity contribution >= 4 is 0 Å². The van der Waals surface area contributed by atoms with Crippen LogP contribution in [0, 0.1) is 0 Å². The summed E-state index contributed by atoms with van der Waals surface area (Å²) in [5, 5.41) is 3.53. The molecule has 1 aliphatic heterocycles. The zero-order valence-corrected chi connectivity index (χ0v) is 13.4. The molecule has 1 N–H and O–H groups in total. The van der Waals surface area contributed by atoms with Crippen LogP contribution in [0.3, 0.4) is 0 Å². The third-order valence-electron chi connectivity index (χ3n) is 3.60. The quantitative estimate of drug-likeness (QED) is 0.832. The summed E-state index contributed by atoms with van der Waals surface area (Å²) in [5.41, 5.74) is 1.10. The highest BCUT2D eigenvalue weighted by molar-refractivity contribution is 5.51. The molecule has 1 aromatic carbocycles. The molecule has 0 fully saturated rings. The monoisotopic (exact) mass is 294 g/mol. The lowest BCUT2D eigenvalue weighted by Gasteiger charge is -2.22. The summed E-state index contributed by atoms with van der Waals surface area (Å²) < 4.78 is 16.7. The number of benzene rings is 1. The Labute approximate surface area is 127 Å². The van der Waals surface area contributed by atoms with Crippen LogP contribution in [-0.4, -0.2) is 51.9 Å². The molecule has 5 heteroatoms. The molecule has 0 saturated heterocycles. The molecular weight excluding hydrogens is 268 g/mol. The molecular formula is C16H26N2O3. The van der Waals surface area contributed by atoms with Crippen molar-refractivity contribution in [3.63, 3.8) is 0 Å². The van der Waals surface area contributed by atoms with Gasteiger partial charge in [-0.2, -0.15) is 0 Å². The van der Waals surface area contributed by atoms with Crippen LogP contribution in [0.2, 0.25) is 0 Å². The van der Waals surface area contributed by atoms with Gasteiger partial charge in [0.15, 0.2) is 11.5 Å². The van der Waals surface area contributed by atoms with Crippen LogP contribution < -0.4 is 19.5 Å². The summed E-state index contributed by atoms with van der Waals surface area (Å²) in [5.74, 6) is 2.41. The first-order valence-corrected chi connectivity index (χ1v) is 7.44. The maximum Gasteiger partial charge on any atom is 0.165 e. The molecule has 1 unspecified atom stereocenters. The van der Waals surface area contributed by atoms with Gasteiger partial charge in [0.25, 0.3) is 0 Å². The number of rotatable bonds is 7. The predicted molar refractivity (Wildman–Crippen MR) is 83.5 cm³/mol. The summed E-state index contributed by atoms with van der Waals surface area (Å²) in [7, 11) is 5.87. The molecule has 1 aliphatic rings. The Balaban J connectivity index is 1.98. The Morgan fingerprint density at radius 2 is 1.90 bits per heavy atom. The number of hydrogen-bond donors (Lipinski definition) is 1. The highest BCUT2D eigenvalue weighted by atomic mass is 16.6. The van der Waals surface area contributed by atoms with Crippen molar-refractivity contribution in [3.8, 4) is 17.2 Å². The van der Waals surface area contributed by atoms with Crippen molar-refractivity contribution < 1.29 is 14.2 Å².